The van der Waals surface area contributed by atoms with Gasteiger partial charge in [-0.1, -0.05) is 18.2 Å². The fraction of sp³-hybridized carbons (Fsp3) is 0.333. The van der Waals surface area contributed by atoms with Crippen LogP contribution < -0.4 is 10.6 Å². The smallest absolute Gasteiger partial charge is 0.256 e. The number of aromatic nitrogens is 4. The number of aromatic amines is 1. The Morgan fingerprint density at radius 1 is 1.17 bits per heavy atom. The zero-order valence-electron chi connectivity index (χ0n) is 20.5. The molecule has 9 heteroatoms. The van der Waals surface area contributed by atoms with E-state index in [-0.39, 0.29) is 17.5 Å². The molecule has 3 heterocycles. The molecule has 4 aromatic rings. The van der Waals surface area contributed by atoms with E-state index in [2.05, 4.69) is 20.1 Å². The van der Waals surface area contributed by atoms with Gasteiger partial charge in [-0.2, -0.15) is 5.10 Å². The maximum atomic E-state index is 15.6. The number of nitrogens with one attached hydrogen (secondary N) is 1. The van der Waals surface area contributed by atoms with Gasteiger partial charge >= 0.3 is 0 Å². The van der Waals surface area contributed by atoms with Crippen LogP contribution in [0.2, 0.25) is 0 Å². The molecule has 0 unspecified atom stereocenters. The third-order valence-corrected chi connectivity index (χ3v) is 6.88. The summed E-state index contributed by atoms with van der Waals surface area (Å²) in [7, 11) is 0. The minimum absolute atomic E-state index is 0.0727. The summed E-state index contributed by atoms with van der Waals surface area (Å²) in [4.78, 5) is 25.9. The Morgan fingerprint density at radius 2 is 1.94 bits per heavy atom. The number of halogens is 1. The molecule has 0 spiro atoms. The van der Waals surface area contributed by atoms with Crippen LogP contribution >= 0.6 is 0 Å². The van der Waals surface area contributed by atoms with Gasteiger partial charge in [0.1, 0.15) is 23.0 Å². The van der Waals surface area contributed by atoms with E-state index >= 15 is 4.39 Å². The zero-order valence-corrected chi connectivity index (χ0v) is 20.5. The second-order valence-electron chi connectivity index (χ2n) is 9.06. The first-order valence-corrected chi connectivity index (χ1v) is 12.4. The topological polar surface area (TPSA) is 104 Å². The van der Waals surface area contributed by atoms with Crippen molar-refractivity contribution in [3.05, 3.63) is 60.2 Å². The standard InChI is InChI=1S/C27H30FN7O/c1-3-34(4-2)27(36)20-7-5-6-19(25(20)28)17-8-9-22-21(14-17)26(33-32-22)23-15-30-16-24(31-23)35-12-10-18(29)11-13-35/h5-9,14-16,18H,3-4,10-13,29H2,1-2H3,(H,32,33). The van der Waals surface area contributed by atoms with E-state index in [1.807, 2.05) is 32.0 Å². The molecular formula is C27H30FN7O. The number of carbonyl (C=O) groups is 1. The monoisotopic (exact) mass is 487 g/mol. The number of nitrogens with two attached hydrogens (primary N) is 1. The van der Waals surface area contributed by atoms with Gasteiger partial charge in [0.2, 0.25) is 0 Å². The Hall–Kier alpha value is -3.85. The van der Waals surface area contributed by atoms with Crippen LogP contribution in [0.15, 0.2) is 48.8 Å². The molecule has 186 valence electrons. The lowest BCUT2D eigenvalue weighted by Gasteiger charge is -2.30. The van der Waals surface area contributed by atoms with E-state index < -0.39 is 5.82 Å². The van der Waals surface area contributed by atoms with Crippen molar-refractivity contribution < 1.29 is 9.18 Å². The van der Waals surface area contributed by atoms with Gasteiger partial charge in [0.25, 0.3) is 5.91 Å². The highest BCUT2D eigenvalue weighted by Crippen LogP contribution is 2.32. The van der Waals surface area contributed by atoms with Crippen LogP contribution in [0.4, 0.5) is 10.2 Å². The highest BCUT2D eigenvalue weighted by molar-refractivity contribution is 5.98. The van der Waals surface area contributed by atoms with Gasteiger partial charge in [-0.15, -0.1) is 0 Å². The Morgan fingerprint density at radius 3 is 2.69 bits per heavy atom. The zero-order chi connectivity index (χ0) is 25.2. The molecule has 3 N–H and O–H groups in total. The lowest BCUT2D eigenvalue weighted by atomic mass is 9.99. The fourth-order valence-corrected chi connectivity index (χ4v) is 4.73. The van der Waals surface area contributed by atoms with Gasteiger partial charge in [0, 0.05) is 43.2 Å². The molecule has 8 nitrogen and oxygen atoms in total. The van der Waals surface area contributed by atoms with Gasteiger partial charge in [0.15, 0.2) is 0 Å². The number of hydrogen-bond donors (Lipinski definition) is 2. The maximum Gasteiger partial charge on any atom is 0.256 e. The lowest BCUT2D eigenvalue weighted by molar-refractivity contribution is 0.0768. The highest BCUT2D eigenvalue weighted by atomic mass is 19.1. The molecule has 0 bridgehead atoms. The summed E-state index contributed by atoms with van der Waals surface area (Å²) in [6, 6.07) is 10.7. The Bertz CT molecular complexity index is 1390. The molecular weight excluding hydrogens is 457 g/mol. The van der Waals surface area contributed by atoms with E-state index in [0.29, 0.717) is 35.6 Å². The largest absolute Gasteiger partial charge is 0.355 e. The summed E-state index contributed by atoms with van der Waals surface area (Å²) in [5.41, 5.74) is 9.23. The summed E-state index contributed by atoms with van der Waals surface area (Å²) in [5.74, 6) is -0.0422. The first-order valence-electron chi connectivity index (χ1n) is 12.4. The van der Waals surface area contributed by atoms with E-state index in [1.165, 1.54) is 6.07 Å². The quantitative estimate of drug-likeness (QED) is 0.422. The average Bonchev–Trinajstić information content (AvgIpc) is 3.33. The van der Waals surface area contributed by atoms with Crippen LogP contribution in [0, 0.1) is 5.82 Å². The van der Waals surface area contributed by atoms with Crippen LogP contribution in [0.1, 0.15) is 37.0 Å². The van der Waals surface area contributed by atoms with Crippen molar-refractivity contribution in [2.24, 2.45) is 5.73 Å². The van der Waals surface area contributed by atoms with E-state index in [4.69, 9.17) is 10.7 Å². The molecule has 1 fully saturated rings. The molecule has 0 radical (unpaired) electrons. The van der Waals surface area contributed by atoms with Crippen molar-refractivity contribution in [2.75, 3.05) is 31.1 Å². The van der Waals surface area contributed by atoms with Crippen molar-refractivity contribution in [1.29, 1.82) is 0 Å². The number of nitrogens with zero attached hydrogens (tertiary/aromatic N) is 5. The molecule has 2 aromatic heterocycles. The minimum atomic E-state index is -0.524. The molecule has 1 aliphatic rings. The molecule has 2 aromatic carbocycles. The number of amides is 1. The molecule has 0 aliphatic carbocycles. The van der Waals surface area contributed by atoms with E-state index in [1.54, 1.807) is 29.4 Å². The fourth-order valence-electron chi connectivity index (χ4n) is 4.73. The number of fused-ring (bicyclic) bond motifs is 1. The number of carbonyl (C=O) groups excluding carboxylic acids is 1. The Labute approximate surface area is 209 Å². The van der Waals surface area contributed by atoms with Crippen molar-refractivity contribution in [3.63, 3.8) is 0 Å². The second-order valence-corrected chi connectivity index (χ2v) is 9.06. The predicted octanol–water partition coefficient (Wildman–Crippen LogP) is 4.24. The average molecular weight is 488 g/mol. The first-order chi connectivity index (χ1) is 17.5. The summed E-state index contributed by atoms with van der Waals surface area (Å²) in [6.07, 6.45) is 5.28. The van der Waals surface area contributed by atoms with Gasteiger partial charge in [0.05, 0.1) is 23.5 Å². The number of piperidine rings is 1. The van der Waals surface area contributed by atoms with Crippen molar-refractivity contribution in [2.45, 2.75) is 32.7 Å². The molecule has 36 heavy (non-hydrogen) atoms. The molecule has 0 saturated carbocycles. The van der Waals surface area contributed by atoms with Crippen LogP contribution in [0.5, 0.6) is 0 Å². The normalized spacial score (nSPS) is 14.4. The van der Waals surface area contributed by atoms with E-state index in [9.17, 15) is 4.79 Å². The maximum absolute atomic E-state index is 15.6. The van der Waals surface area contributed by atoms with E-state index in [0.717, 1.165) is 42.7 Å². The van der Waals surface area contributed by atoms with Crippen LogP contribution in [0.25, 0.3) is 33.4 Å². The van der Waals surface area contributed by atoms with Gasteiger partial charge < -0.3 is 15.5 Å². The number of hydrogen-bond acceptors (Lipinski definition) is 6. The summed E-state index contributed by atoms with van der Waals surface area (Å²) < 4.78 is 15.6. The highest BCUT2D eigenvalue weighted by Gasteiger charge is 2.21. The van der Waals surface area contributed by atoms with Crippen molar-refractivity contribution in [3.8, 4) is 22.5 Å². The third kappa shape index (κ3) is 4.42. The summed E-state index contributed by atoms with van der Waals surface area (Å²) in [5, 5.41) is 8.34. The number of H-pyrrole nitrogens is 1. The van der Waals surface area contributed by atoms with Crippen LogP contribution in [0.3, 0.4) is 0 Å². The molecule has 1 amide bonds. The van der Waals surface area contributed by atoms with Gasteiger partial charge in [-0.3, -0.25) is 14.9 Å². The van der Waals surface area contributed by atoms with Crippen molar-refractivity contribution >= 4 is 22.6 Å². The van der Waals surface area contributed by atoms with Gasteiger partial charge in [-0.05, 0) is 50.5 Å². The van der Waals surface area contributed by atoms with Crippen LogP contribution in [-0.4, -0.2) is 63.2 Å². The lowest BCUT2D eigenvalue weighted by Crippen LogP contribution is -2.40. The van der Waals surface area contributed by atoms with Crippen LogP contribution in [-0.2, 0) is 0 Å². The number of anilines is 1. The Balaban J connectivity index is 1.52. The number of rotatable bonds is 6. The second kappa shape index (κ2) is 10.0. The number of benzene rings is 2. The van der Waals surface area contributed by atoms with Gasteiger partial charge in [-0.25, -0.2) is 9.37 Å². The summed E-state index contributed by atoms with van der Waals surface area (Å²) in [6.45, 7) is 6.49. The predicted molar refractivity (Wildman–Crippen MR) is 139 cm³/mol. The first kappa shape index (κ1) is 23.9. The minimum Gasteiger partial charge on any atom is -0.355 e. The molecule has 1 saturated heterocycles. The SMILES string of the molecule is CCN(CC)C(=O)c1cccc(-c2ccc3[nH]nc(-c4cncc(N5CCC(N)CC5)n4)c3c2)c1F. The van der Waals surface area contributed by atoms with Crippen molar-refractivity contribution in [1.82, 2.24) is 25.1 Å². The third-order valence-electron chi connectivity index (χ3n) is 6.88. The molecule has 1 aliphatic heterocycles. The summed E-state index contributed by atoms with van der Waals surface area (Å²) >= 11 is 0. The Kier molecular flexibility index (Phi) is 6.65. The molecule has 0 atom stereocenters. The molecule has 5 rings (SSSR count).